The van der Waals surface area contributed by atoms with Crippen molar-refractivity contribution < 1.29 is 9.90 Å². The second kappa shape index (κ2) is 6.05. The highest BCUT2D eigenvalue weighted by Crippen LogP contribution is 2.33. The van der Waals surface area contributed by atoms with Crippen LogP contribution in [0.1, 0.15) is 52.4 Å². The van der Waals surface area contributed by atoms with Gasteiger partial charge in [-0.25, -0.2) is 0 Å². The predicted molar refractivity (Wildman–Crippen MR) is 72.5 cm³/mol. The van der Waals surface area contributed by atoms with E-state index in [2.05, 4.69) is 18.7 Å². The van der Waals surface area contributed by atoms with Crippen LogP contribution < -0.4 is 0 Å². The number of carbonyl (C=O) groups is 1. The Morgan fingerprint density at radius 3 is 2.56 bits per heavy atom. The van der Waals surface area contributed by atoms with Crippen LogP contribution in [0, 0.1) is 17.8 Å². The molecular weight excluding hydrogens is 226 g/mol. The lowest BCUT2D eigenvalue weighted by molar-refractivity contribution is -0.139. The second-order valence-corrected chi connectivity index (χ2v) is 6.58. The van der Waals surface area contributed by atoms with Crippen LogP contribution in [0.5, 0.6) is 0 Å². The van der Waals surface area contributed by atoms with Gasteiger partial charge in [-0.3, -0.25) is 9.69 Å². The average Bonchev–Trinajstić information content (AvgIpc) is 2.47. The van der Waals surface area contributed by atoms with Gasteiger partial charge in [0, 0.05) is 19.1 Å². The average molecular weight is 253 g/mol. The Hall–Kier alpha value is -0.570. The fourth-order valence-corrected chi connectivity index (χ4v) is 3.63. The first kappa shape index (κ1) is 13.9. The van der Waals surface area contributed by atoms with Crippen LogP contribution in [-0.4, -0.2) is 35.1 Å². The number of hydrogen-bond donors (Lipinski definition) is 1. The largest absolute Gasteiger partial charge is 0.481 e. The first-order valence-corrected chi connectivity index (χ1v) is 7.52. The molecule has 1 aliphatic heterocycles. The van der Waals surface area contributed by atoms with Crippen LogP contribution in [0.25, 0.3) is 0 Å². The van der Waals surface area contributed by atoms with Gasteiger partial charge in [0.05, 0.1) is 6.42 Å². The van der Waals surface area contributed by atoms with E-state index in [0.29, 0.717) is 12.3 Å². The van der Waals surface area contributed by atoms with Gasteiger partial charge in [0.25, 0.3) is 0 Å². The number of carboxylic acid groups (broad SMARTS) is 1. The Morgan fingerprint density at radius 2 is 1.94 bits per heavy atom. The first-order chi connectivity index (χ1) is 8.56. The standard InChI is InChI=1S/C15H27NO2/c1-11(2)13-4-3-5-14(7-6-13)16-9-12(10-16)8-15(17)18/h11-14H,3-10H2,1-2H3,(H,17,18). The minimum absolute atomic E-state index is 0.359. The zero-order chi connectivity index (χ0) is 13.1. The Balaban J connectivity index is 1.73. The van der Waals surface area contributed by atoms with Crippen LogP contribution in [0.15, 0.2) is 0 Å². The maximum atomic E-state index is 10.6. The molecule has 0 amide bonds. The predicted octanol–water partition coefficient (Wildman–Crippen LogP) is 3.00. The molecule has 3 heteroatoms. The van der Waals surface area contributed by atoms with Gasteiger partial charge in [0.15, 0.2) is 0 Å². The Labute approximate surface area is 111 Å². The van der Waals surface area contributed by atoms with Crippen molar-refractivity contribution in [2.45, 2.75) is 58.4 Å². The molecule has 0 bridgehead atoms. The molecule has 1 saturated heterocycles. The van der Waals surface area contributed by atoms with Gasteiger partial charge >= 0.3 is 5.97 Å². The molecule has 1 aliphatic carbocycles. The van der Waals surface area contributed by atoms with Crippen molar-refractivity contribution in [3.8, 4) is 0 Å². The monoisotopic (exact) mass is 253 g/mol. The van der Waals surface area contributed by atoms with Crippen molar-refractivity contribution in [2.75, 3.05) is 13.1 Å². The van der Waals surface area contributed by atoms with Gasteiger partial charge in [-0.1, -0.05) is 26.7 Å². The van der Waals surface area contributed by atoms with Gasteiger partial charge < -0.3 is 5.11 Å². The van der Waals surface area contributed by atoms with E-state index in [9.17, 15) is 4.79 Å². The smallest absolute Gasteiger partial charge is 0.303 e. The molecule has 2 fully saturated rings. The van der Waals surface area contributed by atoms with E-state index >= 15 is 0 Å². The first-order valence-electron chi connectivity index (χ1n) is 7.52. The van der Waals surface area contributed by atoms with Crippen LogP contribution in [0.2, 0.25) is 0 Å². The minimum atomic E-state index is -0.639. The summed E-state index contributed by atoms with van der Waals surface area (Å²) in [4.78, 5) is 13.2. The number of aliphatic carboxylic acids is 1. The van der Waals surface area contributed by atoms with Crippen molar-refractivity contribution in [3.63, 3.8) is 0 Å². The van der Waals surface area contributed by atoms with E-state index in [1.807, 2.05) is 0 Å². The molecule has 1 saturated carbocycles. The number of nitrogens with zero attached hydrogens (tertiary/aromatic N) is 1. The summed E-state index contributed by atoms with van der Waals surface area (Å²) in [6.07, 6.45) is 7.11. The summed E-state index contributed by atoms with van der Waals surface area (Å²) in [5, 5.41) is 8.77. The zero-order valence-electron chi connectivity index (χ0n) is 11.8. The highest BCUT2D eigenvalue weighted by molar-refractivity contribution is 5.67. The molecule has 1 N–H and O–H groups in total. The maximum absolute atomic E-state index is 10.6. The van der Waals surface area contributed by atoms with Gasteiger partial charge in [-0.05, 0) is 37.0 Å². The summed E-state index contributed by atoms with van der Waals surface area (Å²) in [7, 11) is 0. The Kier molecular flexibility index (Phi) is 4.66. The third kappa shape index (κ3) is 3.47. The van der Waals surface area contributed by atoms with E-state index in [0.717, 1.165) is 31.0 Å². The summed E-state index contributed by atoms with van der Waals surface area (Å²) in [6.45, 7) is 6.72. The van der Waals surface area contributed by atoms with Crippen LogP contribution >= 0.6 is 0 Å². The van der Waals surface area contributed by atoms with Crippen LogP contribution in [0.3, 0.4) is 0 Å². The minimum Gasteiger partial charge on any atom is -0.481 e. The molecule has 2 atom stereocenters. The molecular formula is C15H27NO2. The fourth-order valence-electron chi connectivity index (χ4n) is 3.63. The lowest BCUT2D eigenvalue weighted by Gasteiger charge is -2.44. The molecule has 2 aliphatic rings. The van der Waals surface area contributed by atoms with Crippen molar-refractivity contribution in [3.05, 3.63) is 0 Å². The lowest BCUT2D eigenvalue weighted by Crippen LogP contribution is -2.52. The lowest BCUT2D eigenvalue weighted by atomic mass is 9.88. The van der Waals surface area contributed by atoms with Gasteiger partial charge in [0.2, 0.25) is 0 Å². The molecule has 0 aromatic carbocycles. The maximum Gasteiger partial charge on any atom is 0.303 e. The number of hydrogen-bond acceptors (Lipinski definition) is 2. The summed E-state index contributed by atoms with van der Waals surface area (Å²) in [5.41, 5.74) is 0. The Bertz CT molecular complexity index is 284. The molecule has 1 heterocycles. The third-order valence-corrected chi connectivity index (χ3v) is 4.89. The molecule has 104 valence electrons. The third-order valence-electron chi connectivity index (χ3n) is 4.89. The van der Waals surface area contributed by atoms with E-state index in [-0.39, 0.29) is 0 Å². The van der Waals surface area contributed by atoms with Gasteiger partial charge in [-0.15, -0.1) is 0 Å². The van der Waals surface area contributed by atoms with Gasteiger partial charge in [-0.2, -0.15) is 0 Å². The van der Waals surface area contributed by atoms with Crippen LogP contribution in [0.4, 0.5) is 0 Å². The molecule has 0 radical (unpaired) electrons. The van der Waals surface area contributed by atoms with E-state index in [1.165, 1.54) is 32.1 Å². The molecule has 2 unspecified atom stereocenters. The SMILES string of the molecule is CC(C)C1CCCC(N2CC(CC(=O)O)C2)CC1. The van der Waals surface area contributed by atoms with E-state index in [4.69, 9.17) is 5.11 Å². The molecule has 3 nitrogen and oxygen atoms in total. The van der Waals surface area contributed by atoms with Crippen molar-refractivity contribution in [1.82, 2.24) is 4.90 Å². The molecule has 18 heavy (non-hydrogen) atoms. The number of likely N-dealkylation sites (tertiary alicyclic amines) is 1. The fraction of sp³-hybridized carbons (Fsp3) is 0.933. The van der Waals surface area contributed by atoms with Crippen molar-refractivity contribution in [2.24, 2.45) is 17.8 Å². The van der Waals surface area contributed by atoms with Crippen molar-refractivity contribution in [1.29, 1.82) is 0 Å². The summed E-state index contributed by atoms with van der Waals surface area (Å²) < 4.78 is 0. The molecule has 0 aromatic rings. The van der Waals surface area contributed by atoms with E-state index < -0.39 is 5.97 Å². The summed E-state index contributed by atoms with van der Waals surface area (Å²) in [6, 6.07) is 0.735. The quantitative estimate of drug-likeness (QED) is 0.783. The summed E-state index contributed by atoms with van der Waals surface area (Å²) >= 11 is 0. The zero-order valence-corrected chi connectivity index (χ0v) is 11.8. The molecule has 0 aromatic heterocycles. The van der Waals surface area contributed by atoms with Gasteiger partial charge in [0.1, 0.15) is 0 Å². The topological polar surface area (TPSA) is 40.5 Å². The normalized spacial score (nSPS) is 31.1. The van der Waals surface area contributed by atoms with E-state index in [1.54, 1.807) is 0 Å². The number of rotatable bonds is 4. The summed E-state index contributed by atoms with van der Waals surface area (Å²) in [5.74, 6) is 1.50. The second-order valence-electron chi connectivity index (χ2n) is 6.58. The highest BCUT2D eigenvalue weighted by atomic mass is 16.4. The Morgan fingerprint density at radius 1 is 1.22 bits per heavy atom. The number of carboxylic acids is 1. The highest BCUT2D eigenvalue weighted by Gasteiger charge is 2.34. The molecule has 2 rings (SSSR count). The van der Waals surface area contributed by atoms with Crippen LogP contribution in [-0.2, 0) is 4.79 Å². The van der Waals surface area contributed by atoms with Crippen molar-refractivity contribution >= 4 is 5.97 Å². The molecule has 0 spiro atoms.